The molecule has 1 amide bonds. The van der Waals surface area contributed by atoms with E-state index >= 15 is 0 Å². The Morgan fingerprint density at radius 2 is 1.90 bits per heavy atom. The van der Waals surface area contributed by atoms with Crippen molar-refractivity contribution >= 4 is 11.6 Å². The third-order valence-electron chi connectivity index (χ3n) is 4.93. The van der Waals surface area contributed by atoms with Gasteiger partial charge in [-0.1, -0.05) is 12.1 Å². The van der Waals surface area contributed by atoms with Gasteiger partial charge in [-0.2, -0.15) is 0 Å². The number of amides is 1. The minimum atomic E-state index is -0.262. The fourth-order valence-corrected chi connectivity index (χ4v) is 3.39. The van der Waals surface area contributed by atoms with Crippen LogP contribution in [-0.4, -0.2) is 37.6 Å². The Labute approximate surface area is 126 Å². The first-order valence-corrected chi connectivity index (χ1v) is 7.80. The number of nitrogen functional groups attached to an aromatic ring is 1. The molecule has 1 aliphatic heterocycles. The Balaban J connectivity index is 1.67. The number of ether oxygens (including phenoxy) is 1. The molecule has 1 aliphatic carbocycles. The number of hydrogen-bond acceptors (Lipinski definition) is 3. The minimum Gasteiger partial charge on any atom is -0.399 e. The molecular weight excluding hydrogens is 264 g/mol. The molecule has 4 heteroatoms. The summed E-state index contributed by atoms with van der Waals surface area (Å²) in [6.07, 6.45) is 4.04. The number of piperidine rings is 1. The van der Waals surface area contributed by atoms with Crippen LogP contribution in [0.4, 0.5) is 5.69 Å². The van der Waals surface area contributed by atoms with Crippen LogP contribution in [0.1, 0.15) is 31.2 Å². The van der Waals surface area contributed by atoms with E-state index in [-0.39, 0.29) is 5.41 Å². The summed E-state index contributed by atoms with van der Waals surface area (Å²) in [5.41, 5.74) is 7.36. The zero-order chi connectivity index (χ0) is 14.9. The maximum absolute atomic E-state index is 12.9. The van der Waals surface area contributed by atoms with Gasteiger partial charge in [-0.3, -0.25) is 4.79 Å². The van der Waals surface area contributed by atoms with Gasteiger partial charge in [0, 0.05) is 32.5 Å². The summed E-state index contributed by atoms with van der Waals surface area (Å²) in [4.78, 5) is 14.9. The molecule has 0 atom stereocenters. The highest BCUT2D eigenvalue weighted by Crippen LogP contribution is 2.50. The highest BCUT2D eigenvalue weighted by molar-refractivity contribution is 5.91. The van der Waals surface area contributed by atoms with Crippen molar-refractivity contribution < 1.29 is 9.53 Å². The van der Waals surface area contributed by atoms with E-state index in [0.29, 0.717) is 11.8 Å². The van der Waals surface area contributed by atoms with E-state index < -0.39 is 0 Å². The number of carbonyl (C=O) groups excluding carboxylic acids is 1. The summed E-state index contributed by atoms with van der Waals surface area (Å²) in [7, 11) is 1.75. The summed E-state index contributed by atoms with van der Waals surface area (Å²) < 4.78 is 5.22. The van der Waals surface area contributed by atoms with E-state index in [1.54, 1.807) is 7.11 Å². The molecular formula is C17H24N2O2. The first-order chi connectivity index (χ1) is 10.2. The molecule has 0 unspecified atom stereocenters. The van der Waals surface area contributed by atoms with E-state index in [9.17, 15) is 4.79 Å². The van der Waals surface area contributed by atoms with Gasteiger partial charge in [0.15, 0.2) is 0 Å². The molecule has 0 aromatic heterocycles. The number of methoxy groups -OCH3 is 1. The van der Waals surface area contributed by atoms with Gasteiger partial charge in [-0.25, -0.2) is 0 Å². The second kappa shape index (κ2) is 5.68. The molecule has 1 heterocycles. The van der Waals surface area contributed by atoms with Crippen molar-refractivity contribution in [3.8, 4) is 0 Å². The monoisotopic (exact) mass is 288 g/mol. The summed E-state index contributed by atoms with van der Waals surface area (Å²) in [5, 5.41) is 0. The Kier molecular flexibility index (Phi) is 3.89. The van der Waals surface area contributed by atoms with Crippen LogP contribution in [0.25, 0.3) is 0 Å². The number of anilines is 1. The molecule has 114 valence electrons. The lowest BCUT2D eigenvalue weighted by molar-refractivity contribution is -0.135. The molecule has 1 aromatic rings. The lowest BCUT2D eigenvalue weighted by Crippen LogP contribution is -2.44. The summed E-state index contributed by atoms with van der Waals surface area (Å²) in [6, 6.07) is 7.82. The van der Waals surface area contributed by atoms with Gasteiger partial charge >= 0.3 is 0 Å². The molecule has 0 bridgehead atoms. The fraction of sp³-hybridized carbons (Fsp3) is 0.588. The second-order valence-corrected chi connectivity index (χ2v) is 6.40. The molecule has 2 aliphatic rings. The van der Waals surface area contributed by atoms with Crippen molar-refractivity contribution in [3.63, 3.8) is 0 Å². The molecule has 4 nitrogen and oxygen atoms in total. The highest BCUT2D eigenvalue weighted by atomic mass is 16.5. The summed E-state index contributed by atoms with van der Waals surface area (Å²) in [6.45, 7) is 2.54. The highest BCUT2D eigenvalue weighted by Gasteiger charge is 2.53. The lowest BCUT2D eigenvalue weighted by atomic mass is 9.91. The van der Waals surface area contributed by atoms with Gasteiger partial charge in [0.25, 0.3) is 0 Å². The van der Waals surface area contributed by atoms with Crippen LogP contribution in [0.5, 0.6) is 0 Å². The standard InChI is InChI=1S/C17H24N2O2/c1-21-12-13-6-10-19(11-7-13)16(20)17(8-9-17)14-2-4-15(18)5-3-14/h2-5,13H,6-12,18H2,1H3. The first kappa shape index (κ1) is 14.4. The predicted octanol–water partition coefficient (Wildman–Crippen LogP) is 2.19. The van der Waals surface area contributed by atoms with Crippen molar-refractivity contribution in [1.29, 1.82) is 0 Å². The number of hydrogen-bond donors (Lipinski definition) is 1. The third kappa shape index (κ3) is 2.77. The average Bonchev–Trinajstić information content (AvgIpc) is 3.30. The van der Waals surface area contributed by atoms with Gasteiger partial charge in [-0.05, 0) is 49.3 Å². The number of likely N-dealkylation sites (tertiary alicyclic amines) is 1. The molecule has 3 rings (SSSR count). The molecule has 0 spiro atoms. The predicted molar refractivity (Wildman–Crippen MR) is 82.9 cm³/mol. The Morgan fingerprint density at radius 3 is 2.43 bits per heavy atom. The van der Waals surface area contributed by atoms with Crippen molar-refractivity contribution in [2.24, 2.45) is 5.92 Å². The average molecular weight is 288 g/mol. The van der Waals surface area contributed by atoms with Gasteiger partial charge in [0.2, 0.25) is 5.91 Å². The zero-order valence-electron chi connectivity index (χ0n) is 12.7. The summed E-state index contributed by atoms with van der Waals surface area (Å²) in [5.74, 6) is 0.911. The maximum Gasteiger partial charge on any atom is 0.233 e. The number of carbonyl (C=O) groups is 1. The molecule has 1 saturated heterocycles. The Morgan fingerprint density at radius 1 is 1.29 bits per heavy atom. The number of rotatable bonds is 4. The molecule has 0 radical (unpaired) electrons. The van der Waals surface area contributed by atoms with Crippen LogP contribution in [-0.2, 0) is 14.9 Å². The summed E-state index contributed by atoms with van der Waals surface area (Å²) >= 11 is 0. The largest absolute Gasteiger partial charge is 0.399 e. The Bertz CT molecular complexity index is 500. The van der Waals surface area contributed by atoms with Crippen LogP contribution < -0.4 is 5.73 Å². The first-order valence-electron chi connectivity index (χ1n) is 7.80. The van der Waals surface area contributed by atoms with E-state index in [2.05, 4.69) is 4.90 Å². The van der Waals surface area contributed by atoms with Crippen molar-refractivity contribution in [1.82, 2.24) is 4.90 Å². The molecule has 1 aromatic carbocycles. The Hall–Kier alpha value is -1.55. The van der Waals surface area contributed by atoms with Crippen LogP contribution in [0.2, 0.25) is 0 Å². The minimum absolute atomic E-state index is 0.262. The van der Waals surface area contributed by atoms with Crippen molar-refractivity contribution in [2.75, 3.05) is 32.5 Å². The van der Waals surface area contributed by atoms with Crippen molar-refractivity contribution in [2.45, 2.75) is 31.1 Å². The van der Waals surface area contributed by atoms with E-state index in [4.69, 9.17) is 10.5 Å². The fourth-order valence-electron chi connectivity index (χ4n) is 3.39. The van der Waals surface area contributed by atoms with E-state index in [1.807, 2.05) is 24.3 Å². The molecule has 2 N–H and O–H groups in total. The van der Waals surface area contributed by atoms with Gasteiger partial charge < -0.3 is 15.4 Å². The number of nitrogens with two attached hydrogens (primary N) is 1. The quantitative estimate of drug-likeness (QED) is 0.864. The van der Waals surface area contributed by atoms with Crippen LogP contribution in [0, 0.1) is 5.92 Å². The van der Waals surface area contributed by atoms with Crippen molar-refractivity contribution in [3.05, 3.63) is 29.8 Å². The van der Waals surface area contributed by atoms with E-state index in [1.165, 1.54) is 0 Å². The molecule has 1 saturated carbocycles. The second-order valence-electron chi connectivity index (χ2n) is 6.40. The lowest BCUT2D eigenvalue weighted by Gasteiger charge is -2.34. The normalized spacial score (nSPS) is 21.3. The van der Waals surface area contributed by atoms with E-state index in [0.717, 1.165) is 56.6 Å². The van der Waals surface area contributed by atoms with Crippen LogP contribution >= 0.6 is 0 Å². The van der Waals surface area contributed by atoms with Gasteiger partial charge in [0.1, 0.15) is 0 Å². The van der Waals surface area contributed by atoms with Gasteiger partial charge in [-0.15, -0.1) is 0 Å². The number of benzene rings is 1. The maximum atomic E-state index is 12.9. The molecule has 21 heavy (non-hydrogen) atoms. The SMILES string of the molecule is COCC1CCN(C(=O)C2(c3ccc(N)cc3)CC2)CC1. The van der Waals surface area contributed by atoms with Gasteiger partial charge in [0.05, 0.1) is 5.41 Å². The third-order valence-corrected chi connectivity index (χ3v) is 4.93. The zero-order valence-corrected chi connectivity index (χ0v) is 12.7. The van der Waals surface area contributed by atoms with Crippen LogP contribution in [0.15, 0.2) is 24.3 Å². The van der Waals surface area contributed by atoms with Crippen LogP contribution in [0.3, 0.4) is 0 Å². The number of nitrogens with zero attached hydrogens (tertiary/aromatic N) is 1. The smallest absolute Gasteiger partial charge is 0.233 e. The topological polar surface area (TPSA) is 55.6 Å². The molecule has 2 fully saturated rings.